The molecule has 10 heteroatoms. The molecule has 0 saturated carbocycles. The number of hydrogen-bond donors (Lipinski definition) is 0. The average molecular weight is 497 g/mol. The molecule has 0 unspecified atom stereocenters. The lowest BCUT2D eigenvalue weighted by molar-refractivity contribution is -0.134. The van der Waals surface area contributed by atoms with E-state index in [0.717, 1.165) is 38.8 Å². The predicted molar refractivity (Wildman–Crippen MR) is 131 cm³/mol. The summed E-state index contributed by atoms with van der Waals surface area (Å²) in [5, 5.41) is 8.07. The predicted octanol–water partition coefficient (Wildman–Crippen LogP) is 4.17. The van der Waals surface area contributed by atoms with E-state index in [2.05, 4.69) is 10.2 Å². The lowest BCUT2D eigenvalue weighted by atomic mass is 10.1. The van der Waals surface area contributed by atoms with Crippen LogP contribution in [0.15, 0.2) is 45.4 Å². The van der Waals surface area contributed by atoms with Crippen LogP contribution in [0.2, 0.25) is 0 Å². The minimum atomic E-state index is -0.202. The lowest BCUT2D eigenvalue weighted by Crippen LogP contribution is -2.38. The van der Waals surface area contributed by atoms with E-state index < -0.39 is 0 Å². The largest absolute Gasteiger partial charge is 0.490 e. The normalized spacial score (nSPS) is 13.4. The number of carbonyl (C=O) groups is 2. The zero-order valence-corrected chi connectivity index (χ0v) is 20.8. The zero-order valence-electron chi connectivity index (χ0n) is 20.8. The van der Waals surface area contributed by atoms with Gasteiger partial charge in [-0.05, 0) is 62.9 Å². The first-order valence-electron chi connectivity index (χ1n) is 12.4. The first-order chi connectivity index (χ1) is 17.6. The Bertz CT molecular complexity index is 1140. The van der Waals surface area contributed by atoms with Crippen molar-refractivity contribution in [2.45, 2.75) is 46.1 Å². The molecule has 1 fully saturated rings. The van der Waals surface area contributed by atoms with Crippen LogP contribution < -0.4 is 9.47 Å². The molecule has 0 spiro atoms. The topological polar surface area (TPSA) is 111 Å². The highest BCUT2D eigenvalue weighted by Gasteiger charge is 2.22. The maximum Gasteiger partial charge on any atom is 0.283 e. The fourth-order valence-electron chi connectivity index (χ4n) is 4.09. The number of aromatic nitrogens is 2. The van der Waals surface area contributed by atoms with Crippen LogP contribution in [0.4, 0.5) is 0 Å². The molecule has 0 aliphatic carbocycles. The number of hydrogen-bond acceptors (Lipinski definition) is 8. The maximum atomic E-state index is 13.4. The van der Waals surface area contributed by atoms with Gasteiger partial charge in [0.1, 0.15) is 0 Å². The van der Waals surface area contributed by atoms with Gasteiger partial charge in [0.05, 0.1) is 19.4 Å². The summed E-state index contributed by atoms with van der Waals surface area (Å²) < 4.78 is 22.5. The minimum absolute atomic E-state index is 0.0418. The van der Waals surface area contributed by atoms with Crippen LogP contribution >= 0.6 is 0 Å². The highest BCUT2D eigenvalue weighted by atomic mass is 16.5. The molecule has 0 bridgehead atoms. The standard InChI is InChI=1S/C26H32N4O6/c1-3-12-30(17-23-27-28-25(36-23)21-9-8-15-34-21)26(32)19-10-11-20(22(16-19)33-4-2)35-18-24(31)29-13-6-5-7-14-29/h8-11,15-16H,3-7,12-14,17-18H2,1-2H3. The number of likely N-dealkylation sites (tertiary alicyclic amines) is 1. The van der Waals surface area contributed by atoms with E-state index in [1.807, 2.05) is 18.7 Å². The first-order valence-corrected chi connectivity index (χ1v) is 12.4. The lowest BCUT2D eigenvalue weighted by Gasteiger charge is -2.26. The Balaban J connectivity index is 1.45. The Kier molecular flexibility index (Phi) is 8.59. The third kappa shape index (κ3) is 6.24. The van der Waals surface area contributed by atoms with Crippen molar-refractivity contribution in [3.8, 4) is 23.1 Å². The van der Waals surface area contributed by atoms with E-state index in [1.165, 1.54) is 6.26 Å². The Labute approximate surface area is 210 Å². The van der Waals surface area contributed by atoms with Crippen LogP contribution in [0, 0.1) is 0 Å². The number of piperidine rings is 1. The van der Waals surface area contributed by atoms with E-state index in [-0.39, 0.29) is 30.9 Å². The van der Waals surface area contributed by atoms with Crippen molar-refractivity contribution in [2.75, 3.05) is 32.8 Å². The first kappa shape index (κ1) is 25.3. The third-order valence-electron chi connectivity index (χ3n) is 5.86. The Hall–Kier alpha value is -3.82. The summed E-state index contributed by atoms with van der Waals surface area (Å²) in [7, 11) is 0. The van der Waals surface area contributed by atoms with Crippen LogP contribution in [0.5, 0.6) is 11.5 Å². The van der Waals surface area contributed by atoms with Crippen LogP contribution in [0.1, 0.15) is 55.8 Å². The van der Waals surface area contributed by atoms with Crippen molar-refractivity contribution >= 4 is 11.8 Å². The molecule has 36 heavy (non-hydrogen) atoms. The summed E-state index contributed by atoms with van der Waals surface area (Å²) in [6, 6.07) is 8.46. The van der Waals surface area contributed by atoms with Gasteiger partial charge in [-0.25, -0.2) is 0 Å². The van der Waals surface area contributed by atoms with Gasteiger partial charge in [-0.15, -0.1) is 10.2 Å². The van der Waals surface area contributed by atoms with Gasteiger partial charge in [0.15, 0.2) is 23.9 Å². The van der Waals surface area contributed by atoms with Crippen LogP contribution in [0.3, 0.4) is 0 Å². The molecule has 1 saturated heterocycles. The number of nitrogens with zero attached hydrogens (tertiary/aromatic N) is 4. The van der Waals surface area contributed by atoms with Crippen molar-refractivity contribution in [3.63, 3.8) is 0 Å². The summed E-state index contributed by atoms with van der Waals surface area (Å²) in [6.45, 7) is 6.37. The van der Waals surface area contributed by atoms with Gasteiger partial charge in [-0.2, -0.15) is 0 Å². The number of furan rings is 1. The highest BCUT2D eigenvalue weighted by Crippen LogP contribution is 2.30. The summed E-state index contributed by atoms with van der Waals surface area (Å²) in [6.07, 6.45) is 5.48. The van der Waals surface area contributed by atoms with Gasteiger partial charge < -0.3 is 28.1 Å². The molecule has 192 valence electrons. The molecule has 1 aliphatic heterocycles. The number of amides is 2. The van der Waals surface area contributed by atoms with Crippen molar-refractivity contribution in [3.05, 3.63) is 48.0 Å². The number of ether oxygens (including phenoxy) is 2. The van der Waals surface area contributed by atoms with Gasteiger partial charge in [-0.3, -0.25) is 9.59 Å². The number of benzene rings is 1. The van der Waals surface area contributed by atoms with Crippen molar-refractivity contribution in [1.29, 1.82) is 0 Å². The van der Waals surface area contributed by atoms with Crippen molar-refractivity contribution in [2.24, 2.45) is 0 Å². The molecule has 3 heterocycles. The summed E-state index contributed by atoms with van der Waals surface area (Å²) in [5.41, 5.74) is 0.437. The molecular weight excluding hydrogens is 464 g/mol. The fourth-order valence-corrected chi connectivity index (χ4v) is 4.09. The third-order valence-corrected chi connectivity index (χ3v) is 5.86. The summed E-state index contributed by atoms with van der Waals surface area (Å²) >= 11 is 0. The second kappa shape index (κ2) is 12.2. The van der Waals surface area contributed by atoms with Gasteiger partial charge in [-0.1, -0.05) is 6.92 Å². The fraction of sp³-hybridized carbons (Fsp3) is 0.462. The smallest absolute Gasteiger partial charge is 0.283 e. The Morgan fingerprint density at radius 1 is 1.06 bits per heavy atom. The van der Waals surface area contributed by atoms with E-state index in [9.17, 15) is 9.59 Å². The molecule has 0 N–H and O–H groups in total. The van der Waals surface area contributed by atoms with Gasteiger partial charge in [0, 0.05) is 25.2 Å². The van der Waals surface area contributed by atoms with Crippen LogP contribution in [-0.2, 0) is 11.3 Å². The van der Waals surface area contributed by atoms with Crippen molar-refractivity contribution in [1.82, 2.24) is 20.0 Å². The van der Waals surface area contributed by atoms with Crippen LogP contribution in [-0.4, -0.2) is 64.7 Å². The van der Waals surface area contributed by atoms with E-state index >= 15 is 0 Å². The average Bonchev–Trinajstić information content (AvgIpc) is 3.60. The van der Waals surface area contributed by atoms with Gasteiger partial charge >= 0.3 is 0 Å². The molecule has 4 rings (SSSR count). The Morgan fingerprint density at radius 3 is 2.61 bits per heavy atom. The number of carbonyl (C=O) groups excluding carboxylic acids is 2. The van der Waals surface area contributed by atoms with Crippen LogP contribution in [0.25, 0.3) is 11.7 Å². The van der Waals surface area contributed by atoms with E-state index in [0.29, 0.717) is 41.9 Å². The molecule has 2 amide bonds. The molecule has 10 nitrogen and oxygen atoms in total. The van der Waals surface area contributed by atoms with Gasteiger partial charge in [0.2, 0.25) is 5.89 Å². The van der Waals surface area contributed by atoms with E-state index in [1.54, 1.807) is 35.2 Å². The second-order valence-electron chi connectivity index (χ2n) is 8.53. The second-order valence-corrected chi connectivity index (χ2v) is 8.53. The van der Waals surface area contributed by atoms with E-state index in [4.69, 9.17) is 18.3 Å². The molecular formula is C26H32N4O6. The SMILES string of the molecule is CCCN(Cc1nnc(-c2ccco2)o1)C(=O)c1ccc(OCC(=O)N2CCCCC2)c(OCC)c1. The van der Waals surface area contributed by atoms with Crippen molar-refractivity contribution < 1.29 is 27.9 Å². The zero-order chi connectivity index (χ0) is 25.3. The maximum absolute atomic E-state index is 13.4. The monoisotopic (exact) mass is 496 g/mol. The molecule has 0 radical (unpaired) electrons. The molecule has 3 aromatic rings. The molecule has 2 aromatic heterocycles. The molecule has 1 aliphatic rings. The summed E-state index contributed by atoms with van der Waals surface area (Å²) in [5.74, 6) is 1.65. The Morgan fingerprint density at radius 2 is 1.89 bits per heavy atom. The molecule has 0 atom stereocenters. The summed E-state index contributed by atoms with van der Waals surface area (Å²) in [4.78, 5) is 29.4. The molecule has 1 aromatic carbocycles. The minimum Gasteiger partial charge on any atom is -0.490 e. The number of rotatable bonds is 11. The highest BCUT2D eigenvalue weighted by molar-refractivity contribution is 5.95. The quantitative estimate of drug-likeness (QED) is 0.389. The van der Waals surface area contributed by atoms with Gasteiger partial charge in [0.25, 0.3) is 17.7 Å².